The third-order valence-corrected chi connectivity index (χ3v) is 6.82. The standard InChI is InChI=1S/C29H27N5O2S/c1-29(2,18-31)24-11-5-10-23(14-24)27(36)32-16-26(35)34-28-33-25(17-37-28)22-9-4-8-21(13-22)20-7-3-6-19(12-20)15-30/h3-14,17H,16,18,31H2,1-2H3,(H,32,36)(H,33,34,35). The molecule has 0 saturated carbocycles. The molecule has 0 aliphatic rings. The fourth-order valence-corrected chi connectivity index (χ4v) is 4.45. The zero-order valence-corrected chi connectivity index (χ0v) is 21.4. The second-order valence-corrected chi connectivity index (χ2v) is 10.1. The third kappa shape index (κ3) is 6.28. The molecule has 4 N–H and O–H groups in total. The number of anilines is 1. The zero-order chi connectivity index (χ0) is 26.4. The maximum Gasteiger partial charge on any atom is 0.251 e. The van der Waals surface area contributed by atoms with Crippen LogP contribution in [0.5, 0.6) is 0 Å². The van der Waals surface area contributed by atoms with E-state index in [2.05, 4.69) is 21.7 Å². The lowest BCUT2D eigenvalue weighted by Gasteiger charge is -2.23. The molecule has 7 nitrogen and oxygen atoms in total. The summed E-state index contributed by atoms with van der Waals surface area (Å²) >= 11 is 1.31. The predicted molar refractivity (Wildman–Crippen MR) is 147 cm³/mol. The fraction of sp³-hybridized carbons (Fsp3) is 0.172. The van der Waals surface area contributed by atoms with Crippen molar-refractivity contribution in [2.75, 3.05) is 18.4 Å². The van der Waals surface area contributed by atoms with Crippen LogP contribution in [-0.2, 0) is 10.2 Å². The molecule has 0 radical (unpaired) electrons. The van der Waals surface area contributed by atoms with Crippen LogP contribution in [0, 0.1) is 11.3 Å². The highest BCUT2D eigenvalue weighted by atomic mass is 32.1. The number of amides is 2. The van der Waals surface area contributed by atoms with Gasteiger partial charge in [0, 0.05) is 28.5 Å². The highest BCUT2D eigenvalue weighted by Gasteiger charge is 2.20. The first kappa shape index (κ1) is 25.8. The molecule has 4 aromatic rings. The second kappa shape index (κ2) is 11.2. The minimum Gasteiger partial charge on any atom is -0.343 e. The van der Waals surface area contributed by atoms with Gasteiger partial charge in [0.05, 0.1) is 23.9 Å². The summed E-state index contributed by atoms with van der Waals surface area (Å²) in [6, 6.07) is 24.7. The summed E-state index contributed by atoms with van der Waals surface area (Å²) in [6.07, 6.45) is 0. The molecule has 0 bridgehead atoms. The molecular formula is C29H27N5O2S. The van der Waals surface area contributed by atoms with Gasteiger partial charge in [-0.3, -0.25) is 9.59 Å². The lowest BCUT2D eigenvalue weighted by Crippen LogP contribution is -2.33. The first-order chi connectivity index (χ1) is 17.8. The Morgan fingerprint density at radius 1 is 1.00 bits per heavy atom. The van der Waals surface area contributed by atoms with Gasteiger partial charge in [0.2, 0.25) is 5.91 Å². The topological polar surface area (TPSA) is 121 Å². The van der Waals surface area contributed by atoms with Crippen molar-refractivity contribution < 1.29 is 9.59 Å². The van der Waals surface area contributed by atoms with Gasteiger partial charge in [0.1, 0.15) is 0 Å². The van der Waals surface area contributed by atoms with E-state index in [1.165, 1.54) is 11.3 Å². The van der Waals surface area contributed by atoms with Crippen LogP contribution in [0.25, 0.3) is 22.4 Å². The number of benzene rings is 3. The molecule has 0 aliphatic heterocycles. The number of rotatable bonds is 8. The Labute approximate surface area is 220 Å². The molecule has 0 atom stereocenters. The highest BCUT2D eigenvalue weighted by Crippen LogP contribution is 2.29. The van der Waals surface area contributed by atoms with E-state index in [0.29, 0.717) is 22.8 Å². The lowest BCUT2D eigenvalue weighted by molar-refractivity contribution is -0.115. The van der Waals surface area contributed by atoms with E-state index in [1.54, 1.807) is 18.2 Å². The van der Waals surface area contributed by atoms with Crippen molar-refractivity contribution in [1.29, 1.82) is 5.26 Å². The molecule has 1 heterocycles. The maximum atomic E-state index is 12.6. The van der Waals surface area contributed by atoms with Crippen molar-refractivity contribution in [1.82, 2.24) is 10.3 Å². The van der Waals surface area contributed by atoms with Crippen LogP contribution < -0.4 is 16.4 Å². The van der Waals surface area contributed by atoms with E-state index < -0.39 is 0 Å². The van der Waals surface area contributed by atoms with Crippen molar-refractivity contribution in [2.45, 2.75) is 19.3 Å². The van der Waals surface area contributed by atoms with E-state index in [9.17, 15) is 14.9 Å². The Bertz CT molecular complexity index is 1490. The normalized spacial score (nSPS) is 11.0. The summed E-state index contributed by atoms with van der Waals surface area (Å²) in [7, 11) is 0. The Kier molecular flexibility index (Phi) is 7.77. The van der Waals surface area contributed by atoms with Crippen LogP contribution >= 0.6 is 11.3 Å². The Morgan fingerprint density at radius 2 is 1.70 bits per heavy atom. The van der Waals surface area contributed by atoms with Gasteiger partial charge in [0.25, 0.3) is 5.91 Å². The molecule has 1 aromatic heterocycles. The number of thiazole rings is 1. The van der Waals surface area contributed by atoms with Crippen LogP contribution in [0.3, 0.4) is 0 Å². The van der Waals surface area contributed by atoms with Crippen molar-refractivity contribution in [3.8, 4) is 28.5 Å². The Balaban J connectivity index is 1.38. The van der Waals surface area contributed by atoms with E-state index in [0.717, 1.165) is 27.9 Å². The van der Waals surface area contributed by atoms with Crippen molar-refractivity contribution in [3.63, 3.8) is 0 Å². The number of nitrogens with zero attached hydrogens (tertiary/aromatic N) is 2. The smallest absolute Gasteiger partial charge is 0.251 e. The van der Waals surface area contributed by atoms with Crippen LogP contribution in [-0.4, -0.2) is 29.9 Å². The molecule has 0 saturated heterocycles. The molecule has 186 valence electrons. The number of nitriles is 1. The number of nitrogens with two attached hydrogens (primary N) is 1. The average molecular weight is 510 g/mol. The first-order valence-corrected chi connectivity index (χ1v) is 12.6. The molecule has 3 aromatic carbocycles. The van der Waals surface area contributed by atoms with Crippen molar-refractivity contribution in [2.24, 2.45) is 5.73 Å². The number of carbonyl (C=O) groups is 2. The Hall–Kier alpha value is -4.32. The highest BCUT2D eigenvalue weighted by molar-refractivity contribution is 7.14. The summed E-state index contributed by atoms with van der Waals surface area (Å²) in [5, 5.41) is 16.9. The summed E-state index contributed by atoms with van der Waals surface area (Å²) in [6.45, 7) is 4.31. The van der Waals surface area contributed by atoms with E-state index in [-0.39, 0.29) is 23.8 Å². The first-order valence-electron chi connectivity index (χ1n) is 11.7. The van der Waals surface area contributed by atoms with Crippen LogP contribution in [0.2, 0.25) is 0 Å². The molecule has 0 unspecified atom stereocenters. The minimum absolute atomic E-state index is 0.178. The minimum atomic E-state index is -0.366. The molecule has 0 spiro atoms. The average Bonchev–Trinajstić information content (AvgIpc) is 3.40. The number of aromatic nitrogens is 1. The maximum absolute atomic E-state index is 12.6. The van der Waals surface area contributed by atoms with Gasteiger partial charge >= 0.3 is 0 Å². The van der Waals surface area contributed by atoms with Gasteiger partial charge in [-0.25, -0.2) is 4.98 Å². The van der Waals surface area contributed by atoms with Gasteiger partial charge < -0.3 is 16.4 Å². The van der Waals surface area contributed by atoms with Crippen molar-refractivity contribution >= 4 is 28.3 Å². The molecule has 37 heavy (non-hydrogen) atoms. The van der Waals surface area contributed by atoms with Gasteiger partial charge in [-0.2, -0.15) is 5.26 Å². The number of hydrogen-bond acceptors (Lipinski definition) is 6. The molecule has 0 aliphatic carbocycles. The van der Waals surface area contributed by atoms with Gasteiger partial charge in [0.15, 0.2) is 5.13 Å². The quantitative estimate of drug-likeness (QED) is 0.310. The molecular weight excluding hydrogens is 482 g/mol. The van der Waals surface area contributed by atoms with Crippen LogP contribution in [0.4, 0.5) is 5.13 Å². The van der Waals surface area contributed by atoms with E-state index in [4.69, 9.17) is 5.73 Å². The summed E-state index contributed by atoms with van der Waals surface area (Å²) in [4.78, 5) is 29.6. The summed E-state index contributed by atoms with van der Waals surface area (Å²) in [5.41, 5.74) is 11.2. The van der Waals surface area contributed by atoms with Crippen molar-refractivity contribution in [3.05, 3.63) is 94.9 Å². The largest absolute Gasteiger partial charge is 0.343 e. The zero-order valence-electron chi connectivity index (χ0n) is 20.6. The van der Waals surface area contributed by atoms with Gasteiger partial charge in [-0.1, -0.05) is 56.3 Å². The lowest BCUT2D eigenvalue weighted by atomic mass is 9.84. The number of nitrogens with one attached hydrogen (secondary N) is 2. The molecule has 0 fully saturated rings. The van der Waals surface area contributed by atoms with Gasteiger partial charge in [-0.05, 0) is 47.0 Å². The second-order valence-electron chi connectivity index (χ2n) is 9.21. The summed E-state index contributed by atoms with van der Waals surface area (Å²) in [5.74, 6) is -0.698. The monoisotopic (exact) mass is 509 g/mol. The predicted octanol–water partition coefficient (Wildman–Crippen LogP) is 4.95. The third-order valence-electron chi connectivity index (χ3n) is 6.06. The SMILES string of the molecule is CC(C)(CN)c1cccc(C(=O)NCC(=O)Nc2nc(-c3cccc(-c4cccc(C#N)c4)c3)cs2)c1. The Morgan fingerprint density at radius 3 is 2.46 bits per heavy atom. The van der Waals surface area contributed by atoms with E-state index >= 15 is 0 Å². The van der Waals surface area contributed by atoms with E-state index in [1.807, 2.05) is 73.8 Å². The molecule has 2 amide bonds. The molecule has 4 rings (SSSR count). The van der Waals surface area contributed by atoms with Crippen LogP contribution in [0.15, 0.2) is 78.2 Å². The fourth-order valence-electron chi connectivity index (χ4n) is 3.72. The number of carbonyl (C=O) groups excluding carboxylic acids is 2. The summed E-state index contributed by atoms with van der Waals surface area (Å²) < 4.78 is 0. The van der Waals surface area contributed by atoms with Gasteiger partial charge in [-0.15, -0.1) is 11.3 Å². The van der Waals surface area contributed by atoms with Crippen LogP contribution in [0.1, 0.15) is 35.3 Å². The molecule has 8 heteroatoms. The number of hydrogen-bond donors (Lipinski definition) is 3.